The Hall–Kier alpha value is -2.10. The Morgan fingerprint density at radius 2 is 2.00 bits per heavy atom. The zero-order valence-corrected chi connectivity index (χ0v) is 10.3. The smallest absolute Gasteiger partial charge is 0.419 e. The first kappa shape index (κ1) is 14.3. The van der Waals surface area contributed by atoms with Crippen molar-refractivity contribution < 1.29 is 27.1 Å². The van der Waals surface area contributed by atoms with Crippen LogP contribution in [0.2, 0.25) is 0 Å². The molecule has 0 radical (unpaired) electrons. The fourth-order valence-corrected chi connectivity index (χ4v) is 2.03. The molecule has 0 amide bonds. The lowest BCUT2D eigenvalue weighted by atomic mass is 9.90. The van der Waals surface area contributed by atoms with E-state index in [9.17, 15) is 22.4 Å². The summed E-state index contributed by atoms with van der Waals surface area (Å²) in [6.07, 6.45) is -4.23. The molecule has 1 aromatic carbocycles. The van der Waals surface area contributed by atoms with Gasteiger partial charge in [-0.1, -0.05) is 0 Å². The number of alkyl halides is 3. The molecule has 2 rings (SSSR count). The molecule has 0 unspecified atom stereocenters. The van der Waals surface area contributed by atoms with Crippen molar-refractivity contribution in [3.05, 3.63) is 34.6 Å². The summed E-state index contributed by atoms with van der Waals surface area (Å²) < 4.78 is 56.1. The average molecular weight is 287 g/mol. The Bertz CT molecular complexity index is 612. The van der Waals surface area contributed by atoms with Gasteiger partial charge >= 0.3 is 12.1 Å². The lowest BCUT2D eigenvalue weighted by Crippen LogP contribution is -2.17. The summed E-state index contributed by atoms with van der Waals surface area (Å²) in [6, 6.07) is 2.92. The number of nitriles is 1. The van der Waals surface area contributed by atoms with E-state index in [1.165, 1.54) is 0 Å². The second kappa shape index (κ2) is 4.47. The van der Waals surface area contributed by atoms with Gasteiger partial charge < -0.3 is 4.74 Å². The van der Waals surface area contributed by atoms with Crippen molar-refractivity contribution in [2.45, 2.75) is 24.4 Å². The minimum absolute atomic E-state index is 0.124. The van der Waals surface area contributed by atoms with Crippen LogP contribution < -0.4 is 0 Å². The van der Waals surface area contributed by atoms with Gasteiger partial charge in [-0.25, -0.2) is 9.18 Å². The Balaban J connectivity index is 2.69. The summed E-state index contributed by atoms with van der Waals surface area (Å²) in [5.41, 5.74) is -3.10. The SMILES string of the molecule is COC(=O)c1cc(F)c(C(F)(F)F)cc1C1(C#N)CC1. The highest BCUT2D eigenvalue weighted by Crippen LogP contribution is 2.50. The number of nitrogens with zero attached hydrogens (tertiary/aromatic N) is 1. The number of halogens is 4. The largest absolute Gasteiger partial charge is 0.465 e. The van der Waals surface area contributed by atoms with E-state index in [4.69, 9.17) is 5.26 Å². The fourth-order valence-electron chi connectivity index (χ4n) is 2.03. The maximum absolute atomic E-state index is 13.5. The molecule has 1 aliphatic carbocycles. The summed E-state index contributed by atoms with van der Waals surface area (Å²) in [7, 11) is 1.04. The van der Waals surface area contributed by atoms with Crippen LogP contribution in [0.15, 0.2) is 12.1 Å². The summed E-state index contributed by atoms with van der Waals surface area (Å²) >= 11 is 0. The third-order valence-corrected chi connectivity index (χ3v) is 3.30. The van der Waals surface area contributed by atoms with Gasteiger partial charge in [-0.2, -0.15) is 18.4 Å². The van der Waals surface area contributed by atoms with E-state index >= 15 is 0 Å². The molecule has 1 fully saturated rings. The molecule has 1 aromatic rings. The first-order valence-corrected chi connectivity index (χ1v) is 5.66. The molecule has 106 valence electrons. The van der Waals surface area contributed by atoms with Gasteiger partial charge in [0.25, 0.3) is 0 Å². The number of hydrogen-bond acceptors (Lipinski definition) is 3. The van der Waals surface area contributed by atoms with Crippen LogP contribution in [0.5, 0.6) is 0 Å². The molecule has 0 N–H and O–H groups in total. The zero-order valence-electron chi connectivity index (χ0n) is 10.3. The van der Waals surface area contributed by atoms with Gasteiger partial charge in [-0.3, -0.25) is 0 Å². The topological polar surface area (TPSA) is 50.1 Å². The normalized spacial score (nSPS) is 16.4. The van der Waals surface area contributed by atoms with Crippen LogP contribution in [-0.2, 0) is 16.3 Å². The predicted molar refractivity (Wildman–Crippen MR) is 59.3 cm³/mol. The van der Waals surface area contributed by atoms with Crippen molar-refractivity contribution in [2.75, 3.05) is 7.11 Å². The molecule has 0 atom stereocenters. The third-order valence-electron chi connectivity index (χ3n) is 3.30. The number of hydrogen-bond donors (Lipinski definition) is 0. The standard InChI is InChI=1S/C13H9F4NO2/c1-20-11(19)7-4-10(14)9(13(15,16)17)5-8(7)12(6-18)2-3-12/h4-5H,2-3H2,1H3. The summed E-state index contributed by atoms with van der Waals surface area (Å²) in [5, 5.41) is 9.07. The van der Waals surface area contributed by atoms with Gasteiger partial charge in [0.1, 0.15) is 5.82 Å². The van der Waals surface area contributed by atoms with Crippen molar-refractivity contribution in [2.24, 2.45) is 0 Å². The number of benzene rings is 1. The average Bonchev–Trinajstić information content (AvgIpc) is 3.17. The molecule has 0 bridgehead atoms. The maximum atomic E-state index is 13.5. The predicted octanol–water partition coefficient (Wildman–Crippen LogP) is 3.19. The molecule has 7 heteroatoms. The number of carbonyl (C=O) groups is 1. The van der Waals surface area contributed by atoms with Crippen LogP contribution in [-0.4, -0.2) is 13.1 Å². The highest BCUT2D eigenvalue weighted by molar-refractivity contribution is 5.92. The van der Waals surface area contributed by atoms with E-state index in [1.54, 1.807) is 0 Å². The summed E-state index contributed by atoms with van der Waals surface area (Å²) in [4.78, 5) is 11.6. The quantitative estimate of drug-likeness (QED) is 0.620. The molecular weight excluding hydrogens is 278 g/mol. The first-order chi connectivity index (χ1) is 9.25. The number of esters is 1. The highest BCUT2D eigenvalue weighted by atomic mass is 19.4. The molecule has 1 aliphatic rings. The van der Waals surface area contributed by atoms with E-state index in [0.717, 1.165) is 7.11 Å². The Morgan fingerprint density at radius 3 is 2.40 bits per heavy atom. The van der Waals surface area contributed by atoms with Crippen LogP contribution in [0.4, 0.5) is 17.6 Å². The Morgan fingerprint density at radius 1 is 1.40 bits per heavy atom. The molecular formula is C13H9F4NO2. The molecule has 0 aromatic heterocycles. The minimum Gasteiger partial charge on any atom is -0.465 e. The second-order valence-corrected chi connectivity index (χ2v) is 4.56. The molecule has 0 saturated heterocycles. The molecule has 20 heavy (non-hydrogen) atoms. The Kier molecular flexibility index (Phi) is 3.20. The van der Waals surface area contributed by atoms with Gasteiger partial charge in [-0.05, 0) is 30.5 Å². The van der Waals surface area contributed by atoms with Crippen molar-refractivity contribution in [1.82, 2.24) is 0 Å². The molecule has 3 nitrogen and oxygen atoms in total. The lowest BCUT2D eigenvalue weighted by molar-refractivity contribution is -0.140. The van der Waals surface area contributed by atoms with Crippen molar-refractivity contribution in [3.8, 4) is 6.07 Å². The van der Waals surface area contributed by atoms with E-state index in [2.05, 4.69) is 4.74 Å². The summed E-state index contributed by atoms with van der Waals surface area (Å²) in [5.74, 6) is -2.52. The van der Waals surface area contributed by atoms with Crippen LogP contribution >= 0.6 is 0 Å². The van der Waals surface area contributed by atoms with Crippen molar-refractivity contribution >= 4 is 5.97 Å². The van der Waals surface area contributed by atoms with Gasteiger partial charge in [0.2, 0.25) is 0 Å². The monoisotopic (exact) mass is 287 g/mol. The van der Waals surface area contributed by atoms with Gasteiger partial charge in [0.05, 0.1) is 29.7 Å². The number of ether oxygens (including phenoxy) is 1. The van der Waals surface area contributed by atoms with Gasteiger partial charge in [0, 0.05) is 0 Å². The van der Waals surface area contributed by atoms with Crippen molar-refractivity contribution in [3.63, 3.8) is 0 Å². The maximum Gasteiger partial charge on any atom is 0.419 e. The summed E-state index contributed by atoms with van der Waals surface area (Å²) in [6.45, 7) is 0. The van der Waals surface area contributed by atoms with E-state index in [0.29, 0.717) is 25.0 Å². The van der Waals surface area contributed by atoms with Gasteiger partial charge in [0.15, 0.2) is 0 Å². The molecule has 1 saturated carbocycles. The number of carbonyl (C=O) groups excluding carboxylic acids is 1. The van der Waals surface area contributed by atoms with Crippen molar-refractivity contribution in [1.29, 1.82) is 5.26 Å². The van der Waals surface area contributed by atoms with E-state index in [1.807, 2.05) is 6.07 Å². The van der Waals surface area contributed by atoms with Crippen LogP contribution in [0.3, 0.4) is 0 Å². The van der Waals surface area contributed by atoms with Crippen LogP contribution in [0, 0.1) is 17.1 Å². The zero-order chi connectivity index (χ0) is 15.1. The van der Waals surface area contributed by atoms with E-state index < -0.39 is 28.9 Å². The molecule has 0 heterocycles. The molecule has 0 spiro atoms. The van der Waals surface area contributed by atoms with Crippen LogP contribution in [0.25, 0.3) is 0 Å². The molecule has 0 aliphatic heterocycles. The third kappa shape index (κ3) is 2.22. The first-order valence-electron chi connectivity index (χ1n) is 5.66. The lowest BCUT2D eigenvalue weighted by Gasteiger charge is -2.16. The second-order valence-electron chi connectivity index (χ2n) is 4.56. The number of methoxy groups -OCH3 is 1. The minimum atomic E-state index is -4.89. The Labute approximate surface area is 111 Å². The fraction of sp³-hybridized carbons (Fsp3) is 0.385. The van der Waals surface area contributed by atoms with E-state index in [-0.39, 0.29) is 11.1 Å². The van der Waals surface area contributed by atoms with Gasteiger partial charge in [-0.15, -0.1) is 0 Å². The number of rotatable bonds is 2. The van der Waals surface area contributed by atoms with Crippen LogP contribution in [0.1, 0.15) is 34.3 Å². The highest BCUT2D eigenvalue weighted by Gasteiger charge is 2.49.